The number of hydrogen-bond donors (Lipinski definition) is 1. The van der Waals surface area contributed by atoms with E-state index in [9.17, 15) is 4.79 Å². The van der Waals surface area contributed by atoms with Crippen molar-refractivity contribution in [3.05, 3.63) is 0 Å². The fourth-order valence-corrected chi connectivity index (χ4v) is 1.36. The number of alkyl halides is 2. The summed E-state index contributed by atoms with van der Waals surface area (Å²) in [5.41, 5.74) is 5.58. The molecule has 0 aromatic heterocycles. The molecule has 0 saturated heterocycles. The Labute approximate surface area is 87.2 Å². The van der Waals surface area contributed by atoms with Crippen LogP contribution < -0.4 is 5.73 Å². The Morgan fingerprint density at radius 1 is 1.58 bits per heavy atom. The second-order valence-corrected chi connectivity index (χ2v) is 4.65. The zero-order valence-electron chi connectivity index (χ0n) is 7.09. The van der Waals surface area contributed by atoms with Crippen LogP contribution in [0.1, 0.15) is 13.3 Å². The molecule has 12 heavy (non-hydrogen) atoms. The van der Waals surface area contributed by atoms with Gasteiger partial charge in [-0.3, -0.25) is 4.79 Å². The second kappa shape index (κ2) is 6.08. The Morgan fingerprint density at radius 2 is 2.08 bits per heavy atom. The van der Waals surface area contributed by atoms with E-state index in [1.54, 1.807) is 6.26 Å². The Hall–Kier alpha value is 0.560. The van der Waals surface area contributed by atoms with Crippen LogP contribution in [0.3, 0.4) is 0 Å². The van der Waals surface area contributed by atoms with E-state index in [1.807, 2.05) is 6.92 Å². The monoisotopic (exact) mass is 229 g/mol. The lowest BCUT2D eigenvalue weighted by Gasteiger charge is -2.15. The minimum absolute atomic E-state index is 0.0177. The summed E-state index contributed by atoms with van der Waals surface area (Å²) in [6.07, 6.45) is 2.25. The minimum atomic E-state index is -0.453. The summed E-state index contributed by atoms with van der Waals surface area (Å²) in [6.45, 7) is 1.87. The van der Waals surface area contributed by atoms with E-state index < -0.39 is 10.9 Å². The summed E-state index contributed by atoms with van der Waals surface area (Å²) in [7, 11) is 0. The highest BCUT2D eigenvalue weighted by molar-refractivity contribution is 8.13. The summed E-state index contributed by atoms with van der Waals surface area (Å²) in [6, 6.07) is -0.449. The molecule has 0 aromatic rings. The van der Waals surface area contributed by atoms with Gasteiger partial charge in [0.05, 0.1) is 6.04 Å². The van der Waals surface area contributed by atoms with Crippen molar-refractivity contribution in [2.24, 2.45) is 11.7 Å². The average Bonchev–Trinajstić information content (AvgIpc) is 2.02. The number of carbonyl (C=O) groups excluding carboxylic acids is 1. The highest BCUT2D eigenvalue weighted by Gasteiger charge is 2.19. The highest BCUT2D eigenvalue weighted by Crippen LogP contribution is 2.20. The van der Waals surface area contributed by atoms with Crippen LogP contribution in [-0.2, 0) is 4.79 Å². The Morgan fingerprint density at radius 3 is 2.42 bits per heavy atom. The van der Waals surface area contributed by atoms with Crippen molar-refractivity contribution in [2.75, 3.05) is 6.26 Å². The van der Waals surface area contributed by atoms with Gasteiger partial charge < -0.3 is 5.73 Å². The molecule has 0 heterocycles. The molecule has 0 aliphatic carbocycles. The van der Waals surface area contributed by atoms with Crippen LogP contribution in [0, 0.1) is 5.92 Å². The average molecular weight is 230 g/mol. The fraction of sp³-hybridized carbons (Fsp3) is 0.857. The van der Waals surface area contributed by atoms with Crippen LogP contribution in [0.2, 0.25) is 0 Å². The first-order valence-corrected chi connectivity index (χ1v) is 5.70. The van der Waals surface area contributed by atoms with Crippen LogP contribution in [0.4, 0.5) is 0 Å². The molecule has 0 aromatic carbocycles. The lowest BCUT2D eigenvalue weighted by molar-refractivity contribution is -0.112. The van der Waals surface area contributed by atoms with Gasteiger partial charge in [0.1, 0.15) is 4.84 Å². The molecule has 2 nitrogen and oxygen atoms in total. The Bertz CT molecular complexity index is 154. The van der Waals surface area contributed by atoms with Crippen molar-refractivity contribution in [3.8, 4) is 0 Å². The first-order chi connectivity index (χ1) is 5.49. The lowest BCUT2D eigenvalue weighted by atomic mass is 10.1. The maximum absolute atomic E-state index is 11.0. The van der Waals surface area contributed by atoms with E-state index in [2.05, 4.69) is 0 Å². The molecule has 72 valence electrons. The van der Waals surface area contributed by atoms with Gasteiger partial charge in [-0.2, -0.15) is 0 Å². The minimum Gasteiger partial charge on any atom is -0.321 e. The van der Waals surface area contributed by atoms with Crippen LogP contribution in [0.5, 0.6) is 0 Å². The van der Waals surface area contributed by atoms with E-state index in [0.717, 1.165) is 11.8 Å². The maximum Gasteiger partial charge on any atom is 0.205 e. The molecule has 0 saturated carbocycles. The molecule has 0 fully saturated rings. The number of rotatable bonds is 4. The maximum atomic E-state index is 11.0. The molecule has 0 rings (SSSR count). The smallest absolute Gasteiger partial charge is 0.205 e. The van der Waals surface area contributed by atoms with Crippen molar-refractivity contribution in [1.29, 1.82) is 0 Å². The molecule has 0 amide bonds. The predicted molar refractivity (Wildman–Crippen MR) is 55.8 cm³/mol. The quantitative estimate of drug-likeness (QED) is 0.751. The van der Waals surface area contributed by atoms with Gasteiger partial charge in [-0.05, 0) is 18.6 Å². The first-order valence-electron chi connectivity index (χ1n) is 3.60. The van der Waals surface area contributed by atoms with Gasteiger partial charge in [0.15, 0.2) is 0 Å². The van der Waals surface area contributed by atoms with Crippen molar-refractivity contribution >= 4 is 40.1 Å². The van der Waals surface area contributed by atoms with E-state index in [-0.39, 0.29) is 11.0 Å². The molecule has 0 unspecified atom stereocenters. The largest absolute Gasteiger partial charge is 0.321 e. The summed E-state index contributed by atoms with van der Waals surface area (Å²) in [4.78, 5) is 10.6. The fourth-order valence-electron chi connectivity index (χ4n) is 0.751. The highest BCUT2D eigenvalue weighted by atomic mass is 35.5. The molecule has 5 heteroatoms. The molecule has 2 N–H and O–H groups in total. The molecule has 0 spiro atoms. The number of halogens is 2. The molecule has 0 aliphatic rings. The van der Waals surface area contributed by atoms with Gasteiger partial charge in [-0.1, -0.05) is 18.7 Å². The zero-order chi connectivity index (χ0) is 9.72. The van der Waals surface area contributed by atoms with Crippen LogP contribution in [0.25, 0.3) is 0 Å². The molecule has 2 atom stereocenters. The molecular weight excluding hydrogens is 217 g/mol. The van der Waals surface area contributed by atoms with Gasteiger partial charge in [0, 0.05) is 0 Å². The number of thioether (sulfide) groups is 1. The third kappa shape index (κ3) is 4.55. The third-order valence-electron chi connectivity index (χ3n) is 1.56. The number of nitrogens with two attached hydrogens (primary N) is 1. The number of hydrogen-bond acceptors (Lipinski definition) is 3. The topological polar surface area (TPSA) is 43.1 Å². The van der Waals surface area contributed by atoms with Gasteiger partial charge in [0.25, 0.3) is 0 Å². The molecule has 0 aliphatic heterocycles. The van der Waals surface area contributed by atoms with Gasteiger partial charge in [0.2, 0.25) is 5.12 Å². The van der Waals surface area contributed by atoms with Gasteiger partial charge >= 0.3 is 0 Å². The normalized spacial score (nSPS) is 16.2. The number of carbonyl (C=O) groups is 1. The van der Waals surface area contributed by atoms with E-state index in [0.29, 0.717) is 6.42 Å². The van der Waals surface area contributed by atoms with Crippen molar-refractivity contribution in [2.45, 2.75) is 24.2 Å². The molecule has 0 bridgehead atoms. The van der Waals surface area contributed by atoms with E-state index in [1.165, 1.54) is 0 Å². The van der Waals surface area contributed by atoms with E-state index in [4.69, 9.17) is 28.9 Å². The summed E-state index contributed by atoms with van der Waals surface area (Å²) in [5, 5.41) is -0.0177. The van der Waals surface area contributed by atoms with Crippen LogP contribution >= 0.6 is 35.0 Å². The Kier molecular flexibility index (Phi) is 6.36. The third-order valence-corrected chi connectivity index (χ3v) is 3.13. The Balaban J connectivity index is 3.83. The van der Waals surface area contributed by atoms with Gasteiger partial charge in [-0.25, -0.2) is 0 Å². The predicted octanol–water partition coefficient (Wildman–Crippen LogP) is 2.03. The van der Waals surface area contributed by atoms with Crippen molar-refractivity contribution in [1.82, 2.24) is 0 Å². The van der Waals surface area contributed by atoms with Crippen LogP contribution in [0.15, 0.2) is 0 Å². The second-order valence-electron chi connectivity index (χ2n) is 2.68. The zero-order valence-corrected chi connectivity index (χ0v) is 9.42. The summed E-state index contributed by atoms with van der Waals surface area (Å²) >= 11 is 12.4. The first kappa shape index (κ1) is 12.6. The SMILES string of the molecule is CSC(=O)[C@@H](N)C[C@H](C)C(Cl)Cl. The summed E-state index contributed by atoms with van der Waals surface area (Å²) < 4.78 is 0. The van der Waals surface area contributed by atoms with Gasteiger partial charge in [-0.15, -0.1) is 23.2 Å². The van der Waals surface area contributed by atoms with Crippen LogP contribution in [-0.4, -0.2) is 22.2 Å². The van der Waals surface area contributed by atoms with Crippen molar-refractivity contribution in [3.63, 3.8) is 0 Å². The standard InChI is InChI=1S/C7H13Cl2NOS/c1-4(6(8)9)3-5(10)7(11)12-2/h4-6H,3,10H2,1-2H3/t4-,5-/m0/s1. The summed E-state index contributed by atoms with van der Waals surface area (Å²) in [5.74, 6) is 0.0550. The van der Waals surface area contributed by atoms with E-state index >= 15 is 0 Å². The molecular formula is C7H13Cl2NOS. The van der Waals surface area contributed by atoms with Crippen molar-refractivity contribution < 1.29 is 4.79 Å². The molecule has 0 radical (unpaired) electrons. The lowest BCUT2D eigenvalue weighted by Crippen LogP contribution is -2.31.